The minimum atomic E-state index is -0.876. The zero-order valence-electron chi connectivity index (χ0n) is 21.0. The largest absolute Gasteiger partial charge is 0.455 e. The van der Waals surface area contributed by atoms with Gasteiger partial charge in [-0.3, -0.25) is 4.90 Å². The van der Waals surface area contributed by atoms with E-state index in [9.17, 15) is 14.4 Å². The van der Waals surface area contributed by atoms with Crippen molar-refractivity contribution in [1.82, 2.24) is 4.90 Å². The molecule has 0 radical (unpaired) electrons. The van der Waals surface area contributed by atoms with Crippen LogP contribution in [0.2, 0.25) is 0 Å². The molecule has 32 heavy (non-hydrogen) atoms. The molecule has 0 rings (SSSR count). The molecule has 0 aromatic carbocycles. The standard InChI is InChI=1S/C24H39NO6.BrH/c1-16(2)19(26)29-22(7,8)13-25(14-23(9,10)30-20(27)17(3)4)15-24(11,12)31-21(28)18(5)6;/h1,3,5,13-15H2,2,4,6-12H3;1H. The van der Waals surface area contributed by atoms with Crippen LogP contribution in [0.1, 0.15) is 62.3 Å². The highest BCUT2D eigenvalue weighted by Gasteiger charge is 2.35. The lowest BCUT2D eigenvalue weighted by Gasteiger charge is -2.40. The lowest BCUT2D eigenvalue weighted by molar-refractivity contribution is -0.161. The molecule has 0 aromatic rings. The van der Waals surface area contributed by atoms with Gasteiger partial charge in [-0.05, 0) is 62.3 Å². The van der Waals surface area contributed by atoms with Crippen LogP contribution in [0.15, 0.2) is 36.5 Å². The number of carbonyl (C=O) groups is 3. The number of rotatable bonds is 12. The molecule has 7 nitrogen and oxygen atoms in total. The van der Waals surface area contributed by atoms with Gasteiger partial charge in [-0.2, -0.15) is 0 Å². The molecule has 0 aliphatic rings. The number of ether oxygens (including phenoxy) is 3. The fourth-order valence-electron chi connectivity index (χ4n) is 2.89. The Bertz CT molecular complexity index is 652. The molecule has 0 amide bonds. The summed E-state index contributed by atoms with van der Waals surface area (Å²) in [5.41, 5.74) is -1.74. The van der Waals surface area contributed by atoms with Crippen LogP contribution in [0.5, 0.6) is 0 Å². The van der Waals surface area contributed by atoms with E-state index in [1.165, 1.54) is 0 Å². The highest BCUT2D eigenvalue weighted by Crippen LogP contribution is 2.22. The van der Waals surface area contributed by atoms with Crippen molar-refractivity contribution >= 4 is 34.9 Å². The molecule has 0 bridgehead atoms. The highest BCUT2D eigenvalue weighted by atomic mass is 79.9. The summed E-state index contributed by atoms with van der Waals surface area (Å²) in [4.78, 5) is 38.1. The average molecular weight is 518 g/mol. The maximum absolute atomic E-state index is 12.1. The Morgan fingerprint density at radius 3 is 0.938 bits per heavy atom. The monoisotopic (exact) mass is 517 g/mol. The summed E-state index contributed by atoms with van der Waals surface area (Å²) in [6.07, 6.45) is 0. The van der Waals surface area contributed by atoms with Crippen molar-refractivity contribution in [3.8, 4) is 0 Å². The Morgan fingerprint density at radius 2 is 0.781 bits per heavy atom. The van der Waals surface area contributed by atoms with Gasteiger partial charge < -0.3 is 14.2 Å². The first-order valence-corrected chi connectivity index (χ1v) is 10.2. The molecular formula is C24H40BrNO6. The second-order valence-corrected chi connectivity index (χ2v) is 9.93. The normalized spacial score (nSPS) is 11.8. The Hall–Kier alpha value is -1.93. The molecule has 0 N–H and O–H groups in total. The Morgan fingerprint density at radius 1 is 0.594 bits per heavy atom. The zero-order chi connectivity index (χ0) is 24.8. The first kappa shape index (κ1) is 32.3. The summed E-state index contributed by atoms with van der Waals surface area (Å²) < 4.78 is 16.7. The molecule has 184 valence electrons. The van der Waals surface area contributed by atoms with Crippen LogP contribution < -0.4 is 0 Å². The molecule has 0 heterocycles. The second kappa shape index (κ2) is 12.3. The molecule has 0 fully saturated rings. The average Bonchev–Trinajstić information content (AvgIpc) is 2.51. The van der Waals surface area contributed by atoms with Gasteiger partial charge in [0.25, 0.3) is 0 Å². The van der Waals surface area contributed by atoms with E-state index in [1.54, 1.807) is 62.3 Å². The molecule has 0 aliphatic carbocycles. The maximum Gasteiger partial charge on any atom is 0.333 e. The topological polar surface area (TPSA) is 82.1 Å². The van der Waals surface area contributed by atoms with Crippen LogP contribution in [-0.4, -0.2) is 59.2 Å². The van der Waals surface area contributed by atoms with Gasteiger partial charge in [-0.25, -0.2) is 14.4 Å². The predicted molar refractivity (Wildman–Crippen MR) is 132 cm³/mol. The number of esters is 3. The number of hydrogen-bond donors (Lipinski definition) is 0. The molecule has 0 unspecified atom stereocenters. The van der Waals surface area contributed by atoms with E-state index < -0.39 is 34.7 Å². The molecule has 0 aromatic heterocycles. The third-order valence-electron chi connectivity index (χ3n) is 3.97. The van der Waals surface area contributed by atoms with E-state index in [2.05, 4.69) is 19.7 Å². The summed E-state index contributed by atoms with van der Waals surface area (Å²) in [5, 5.41) is 0. The SMILES string of the molecule is Br.C=C(C)C(=O)OC(C)(C)CN(CC(C)(C)OC(=O)C(=C)C)CC(C)(C)OC(=O)C(=C)C. The third kappa shape index (κ3) is 12.8. The van der Waals surface area contributed by atoms with Crippen LogP contribution >= 0.6 is 17.0 Å². The van der Waals surface area contributed by atoms with E-state index in [-0.39, 0.29) is 17.0 Å². The summed E-state index contributed by atoms with van der Waals surface area (Å²) in [6.45, 7) is 27.2. The molecule has 0 saturated heterocycles. The molecular weight excluding hydrogens is 478 g/mol. The quantitative estimate of drug-likeness (QED) is 0.213. The van der Waals surface area contributed by atoms with E-state index in [0.29, 0.717) is 36.4 Å². The van der Waals surface area contributed by atoms with E-state index >= 15 is 0 Å². The smallest absolute Gasteiger partial charge is 0.333 e. The molecule has 0 spiro atoms. The number of hydrogen-bond acceptors (Lipinski definition) is 7. The summed E-state index contributed by atoms with van der Waals surface area (Å²) in [6, 6.07) is 0. The van der Waals surface area contributed by atoms with Crippen LogP contribution in [0.4, 0.5) is 0 Å². The van der Waals surface area contributed by atoms with E-state index in [0.717, 1.165) is 0 Å². The van der Waals surface area contributed by atoms with Gasteiger partial charge in [0.2, 0.25) is 0 Å². The first-order valence-electron chi connectivity index (χ1n) is 10.2. The Labute approximate surface area is 203 Å². The molecule has 0 atom stereocenters. The zero-order valence-corrected chi connectivity index (χ0v) is 22.8. The van der Waals surface area contributed by atoms with Gasteiger partial charge in [0.1, 0.15) is 16.8 Å². The van der Waals surface area contributed by atoms with Crippen molar-refractivity contribution < 1.29 is 28.6 Å². The molecule has 0 aliphatic heterocycles. The predicted octanol–water partition coefficient (Wildman–Crippen LogP) is 4.56. The minimum absolute atomic E-state index is 0. The van der Waals surface area contributed by atoms with Gasteiger partial charge in [-0.15, -0.1) is 17.0 Å². The fourth-order valence-corrected chi connectivity index (χ4v) is 2.89. The lowest BCUT2D eigenvalue weighted by atomic mass is 10.0. The van der Waals surface area contributed by atoms with E-state index in [1.807, 2.05) is 4.90 Å². The van der Waals surface area contributed by atoms with Gasteiger partial charge in [0, 0.05) is 36.4 Å². The van der Waals surface area contributed by atoms with Crippen molar-refractivity contribution in [3.05, 3.63) is 36.5 Å². The maximum atomic E-state index is 12.1. The van der Waals surface area contributed by atoms with Gasteiger partial charge in [0.15, 0.2) is 0 Å². The number of carbonyl (C=O) groups excluding carboxylic acids is 3. The van der Waals surface area contributed by atoms with Crippen LogP contribution in [-0.2, 0) is 28.6 Å². The summed E-state index contributed by atoms with van der Waals surface area (Å²) >= 11 is 0. The van der Waals surface area contributed by atoms with Crippen molar-refractivity contribution in [1.29, 1.82) is 0 Å². The molecule has 8 heteroatoms. The summed E-state index contributed by atoms with van der Waals surface area (Å²) in [7, 11) is 0. The van der Waals surface area contributed by atoms with Crippen LogP contribution in [0, 0.1) is 0 Å². The number of nitrogens with zero attached hydrogens (tertiary/aromatic N) is 1. The van der Waals surface area contributed by atoms with Gasteiger partial charge in [0.05, 0.1) is 0 Å². The Balaban J connectivity index is 0. The Kier molecular flexibility index (Phi) is 12.4. The minimum Gasteiger partial charge on any atom is -0.455 e. The van der Waals surface area contributed by atoms with Crippen molar-refractivity contribution in [2.75, 3.05) is 19.6 Å². The van der Waals surface area contributed by atoms with E-state index in [4.69, 9.17) is 14.2 Å². The second-order valence-electron chi connectivity index (χ2n) is 9.93. The van der Waals surface area contributed by atoms with Crippen molar-refractivity contribution in [2.45, 2.75) is 79.1 Å². The van der Waals surface area contributed by atoms with Crippen LogP contribution in [0.25, 0.3) is 0 Å². The third-order valence-corrected chi connectivity index (χ3v) is 3.97. The molecule has 0 saturated carbocycles. The van der Waals surface area contributed by atoms with Crippen molar-refractivity contribution in [3.63, 3.8) is 0 Å². The van der Waals surface area contributed by atoms with Gasteiger partial charge >= 0.3 is 17.9 Å². The summed E-state index contributed by atoms with van der Waals surface area (Å²) in [5.74, 6) is -1.48. The fraction of sp³-hybridized carbons (Fsp3) is 0.625. The van der Waals surface area contributed by atoms with Crippen LogP contribution in [0.3, 0.4) is 0 Å². The number of halogens is 1. The van der Waals surface area contributed by atoms with Crippen molar-refractivity contribution in [2.24, 2.45) is 0 Å². The van der Waals surface area contributed by atoms with Gasteiger partial charge in [-0.1, -0.05) is 19.7 Å². The lowest BCUT2D eigenvalue weighted by Crippen LogP contribution is -2.53. The highest BCUT2D eigenvalue weighted by molar-refractivity contribution is 8.93. The first-order chi connectivity index (χ1) is 13.8.